The highest BCUT2D eigenvalue weighted by Crippen LogP contribution is 2.28. The molecule has 0 atom stereocenters. The molecule has 0 fully saturated rings. The van der Waals surface area contributed by atoms with E-state index in [1.54, 1.807) is 42.5 Å². The lowest BCUT2D eigenvalue weighted by Gasteiger charge is -2.13. The molecule has 106 valence electrons. The maximum atomic E-state index is 12.4. The number of sulfonamides is 1. The zero-order valence-electron chi connectivity index (χ0n) is 11.3. The third kappa shape index (κ3) is 2.85. The Kier molecular flexibility index (Phi) is 3.85. The highest BCUT2D eigenvalue weighted by Gasteiger charge is 2.20. The van der Waals surface area contributed by atoms with Crippen molar-refractivity contribution in [3.05, 3.63) is 48.0 Å². The zero-order valence-corrected chi connectivity index (χ0v) is 12.1. The van der Waals surface area contributed by atoms with E-state index in [9.17, 15) is 8.42 Å². The first kappa shape index (κ1) is 14.2. The molecule has 0 aliphatic carbocycles. The van der Waals surface area contributed by atoms with Gasteiger partial charge in [0.15, 0.2) is 0 Å². The summed E-state index contributed by atoms with van der Waals surface area (Å²) >= 11 is 0. The molecule has 0 unspecified atom stereocenters. The standard InChI is InChI=1S/C14H16N2O3S/c1-10-7-8-13(19-2)14(9-10)20(17,18)16-12-6-4-3-5-11(12)15/h3-9,16H,15H2,1-2H3. The van der Waals surface area contributed by atoms with E-state index in [0.29, 0.717) is 11.4 Å². The van der Waals surface area contributed by atoms with Crippen LogP contribution in [0.15, 0.2) is 47.4 Å². The van der Waals surface area contributed by atoms with Crippen molar-refractivity contribution in [1.29, 1.82) is 0 Å². The number of nitrogen functional groups attached to an aromatic ring is 1. The summed E-state index contributed by atoms with van der Waals surface area (Å²) in [6.45, 7) is 1.81. The summed E-state index contributed by atoms with van der Waals surface area (Å²) in [6.07, 6.45) is 0. The Bertz CT molecular complexity index is 727. The molecule has 0 heterocycles. The van der Waals surface area contributed by atoms with E-state index in [1.165, 1.54) is 7.11 Å². The van der Waals surface area contributed by atoms with Gasteiger partial charge in [-0.3, -0.25) is 4.72 Å². The number of benzene rings is 2. The highest BCUT2D eigenvalue weighted by molar-refractivity contribution is 7.92. The molecule has 20 heavy (non-hydrogen) atoms. The first-order chi connectivity index (χ1) is 9.44. The molecule has 0 radical (unpaired) electrons. The summed E-state index contributed by atoms with van der Waals surface area (Å²) < 4.78 is 32.5. The van der Waals surface area contributed by atoms with Gasteiger partial charge in [0.1, 0.15) is 10.6 Å². The van der Waals surface area contributed by atoms with E-state index >= 15 is 0 Å². The normalized spacial score (nSPS) is 11.1. The van der Waals surface area contributed by atoms with Gasteiger partial charge in [-0.2, -0.15) is 0 Å². The van der Waals surface area contributed by atoms with Gasteiger partial charge in [-0.1, -0.05) is 18.2 Å². The van der Waals surface area contributed by atoms with Crippen LogP contribution >= 0.6 is 0 Å². The molecule has 6 heteroatoms. The number of hydrogen-bond acceptors (Lipinski definition) is 4. The van der Waals surface area contributed by atoms with Crippen LogP contribution in [0.25, 0.3) is 0 Å². The Morgan fingerprint density at radius 3 is 2.50 bits per heavy atom. The summed E-state index contributed by atoms with van der Waals surface area (Å²) in [4.78, 5) is 0.0863. The second-order valence-corrected chi connectivity index (χ2v) is 6.00. The number of rotatable bonds is 4. The van der Waals surface area contributed by atoms with Crippen molar-refractivity contribution in [3.63, 3.8) is 0 Å². The quantitative estimate of drug-likeness (QED) is 0.848. The minimum absolute atomic E-state index is 0.0863. The minimum atomic E-state index is -3.76. The van der Waals surface area contributed by atoms with Gasteiger partial charge in [0.25, 0.3) is 10.0 Å². The van der Waals surface area contributed by atoms with E-state index in [-0.39, 0.29) is 10.6 Å². The minimum Gasteiger partial charge on any atom is -0.495 e. The fraction of sp³-hybridized carbons (Fsp3) is 0.143. The molecule has 0 spiro atoms. The van der Waals surface area contributed by atoms with Crippen molar-refractivity contribution in [2.75, 3.05) is 17.6 Å². The van der Waals surface area contributed by atoms with Crippen molar-refractivity contribution in [1.82, 2.24) is 0 Å². The SMILES string of the molecule is COc1ccc(C)cc1S(=O)(=O)Nc1ccccc1N. The molecule has 0 saturated heterocycles. The summed E-state index contributed by atoms with van der Waals surface area (Å²) in [5.41, 5.74) is 7.28. The van der Waals surface area contributed by atoms with Gasteiger partial charge in [-0.05, 0) is 36.8 Å². The van der Waals surface area contributed by atoms with Crippen LogP contribution in [0.3, 0.4) is 0 Å². The summed E-state index contributed by atoms with van der Waals surface area (Å²) in [5.74, 6) is 0.289. The van der Waals surface area contributed by atoms with E-state index < -0.39 is 10.0 Å². The summed E-state index contributed by atoms with van der Waals surface area (Å²) in [5, 5.41) is 0. The molecular weight excluding hydrogens is 276 g/mol. The average Bonchev–Trinajstić information content (AvgIpc) is 2.41. The molecule has 0 amide bonds. The predicted molar refractivity (Wildman–Crippen MR) is 79.4 cm³/mol. The first-order valence-electron chi connectivity index (χ1n) is 5.96. The largest absolute Gasteiger partial charge is 0.495 e. The Balaban J connectivity index is 2.46. The second kappa shape index (κ2) is 5.42. The van der Waals surface area contributed by atoms with Crippen LogP contribution < -0.4 is 15.2 Å². The summed E-state index contributed by atoms with van der Waals surface area (Å²) in [6, 6.07) is 11.6. The average molecular weight is 292 g/mol. The van der Waals surface area contributed by atoms with Crippen LogP contribution in [0.1, 0.15) is 5.56 Å². The molecule has 0 aliphatic rings. The smallest absolute Gasteiger partial charge is 0.265 e. The first-order valence-corrected chi connectivity index (χ1v) is 7.44. The third-order valence-corrected chi connectivity index (χ3v) is 4.20. The molecule has 3 N–H and O–H groups in total. The number of nitrogens with two attached hydrogens (primary N) is 1. The van der Waals surface area contributed by atoms with Gasteiger partial charge in [-0.25, -0.2) is 8.42 Å². The highest BCUT2D eigenvalue weighted by atomic mass is 32.2. The van der Waals surface area contributed by atoms with Gasteiger partial charge in [0.2, 0.25) is 0 Å². The lowest BCUT2D eigenvalue weighted by atomic mass is 10.2. The zero-order chi connectivity index (χ0) is 14.8. The maximum absolute atomic E-state index is 12.4. The van der Waals surface area contributed by atoms with Crippen molar-refractivity contribution in [2.45, 2.75) is 11.8 Å². The lowest BCUT2D eigenvalue weighted by molar-refractivity contribution is 0.402. The number of anilines is 2. The number of para-hydroxylation sites is 2. The van der Waals surface area contributed by atoms with Crippen LogP contribution in [0.5, 0.6) is 5.75 Å². The number of ether oxygens (including phenoxy) is 1. The summed E-state index contributed by atoms with van der Waals surface area (Å²) in [7, 11) is -2.32. The van der Waals surface area contributed by atoms with Gasteiger partial charge in [0, 0.05) is 0 Å². The Hall–Kier alpha value is -2.21. The van der Waals surface area contributed by atoms with Crippen molar-refractivity contribution in [2.24, 2.45) is 0 Å². The number of hydrogen-bond donors (Lipinski definition) is 2. The van der Waals surface area contributed by atoms with Crippen LogP contribution in [-0.4, -0.2) is 15.5 Å². The molecular formula is C14H16N2O3S. The fourth-order valence-electron chi connectivity index (χ4n) is 1.78. The topological polar surface area (TPSA) is 81.4 Å². The molecule has 5 nitrogen and oxygen atoms in total. The molecule has 2 aromatic carbocycles. The molecule has 0 bridgehead atoms. The maximum Gasteiger partial charge on any atom is 0.265 e. The van der Waals surface area contributed by atoms with E-state index in [4.69, 9.17) is 10.5 Å². The molecule has 0 aliphatic heterocycles. The van der Waals surface area contributed by atoms with Crippen LogP contribution in [0.4, 0.5) is 11.4 Å². The predicted octanol–water partition coefficient (Wildman–Crippen LogP) is 2.39. The van der Waals surface area contributed by atoms with Crippen LogP contribution in [0, 0.1) is 6.92 Å². The van der Waals surface area contributed by atoms with Crippen LogP contribution in [0.2, 0.25) is 0 Å². The molecule has 0 saturated carbocycles. The van der Waals surface area contributed by atoms with Gasteiger partial charge in [0.05, 0.1) is 18.5 Å². The Labute approximate surface area is 118 Å². The van der Waals surface area contributed by atoms with Gasteiger partial charge < -0.3 is 10.5 Å². The van der Waals surface area contributed by atoms with E-state index in [0.717, 1.165) is 5.56 Å². The van der Waals surface area contributed by atoms with Crippen molar-refractivity contribution in [3.8, 4) is 5.75 Å². The number of methoxy groups -OCH3 is 1. The van der Waals surface area contributed by atoms with E-state index in [1.807, 2.05) is 6.92 Å². The second-order valence-electron chi connectivity index (χ2n) is 4.35. The lowest BCUT2D eigenvalue weighted by Crippen LogP contribution is -2.15. The number of nitrogens with one attached hydrogen (secondary N) is 1. The monoisotopic (exact) mass is 292 g/mol. The van der Waals surface area contributed by atoms with E-state index in [2.05, 4.69) is 4.72 Å². The van der Waals surface area contributed by atoms with Crippen molar-refractivity contribution >= 4 is 21.4 Å². The molecule has 2 aromatic rings. The molecule has 2 rings (SSSR count). The Morgan fingerprint density at radius 2 is 1.85 bits per heavy atom. The van der Waals surface area contributed by atoms with Gasteiger partial charge in [-0.15, -0.1) is 0 Å². The third-order valence-electron chi connectivity index (χ3n) is 2.81. The van der Waals surface area contributed by atoms with Crippen LogP contribution in [-0.2, 0) is 10.0 Å². The van der Waals surface area contributed by atoms with Gasteiger partial charge >= 0.3 is 0 Å². The Morgan fingerprint density at radius 1 is 1.15 bits per heavy atom. The molecule has 0 aromatic heterocycles. The number of aryl methyl sites for hydroxylation is 1. The fourth-order valence-corrected chi connectivity index (χ4v) is 3.13. The van der Waals surface area contributed by atoms with Crippen molar-refractivity contribution < 1.29 is 13.2 Å².